The Kier molecular flexibility index (Phi) is 7.75. The number of esters is 1. The molecule has 2 aromatic rings. The lowest BCUT2D eigenvalue weighted by molar-refractivity contribution is -0.117. The van der Waals surface area contributed by atoms with Gasteiger partial charge in [0, 0.05) is 52.7 Å². The number of nitrogens with one attached hydrogen (secondary N) is 1. The summed E-state index contributed by atoms with van der Waals surface area (Å²) in [6.07, 6.45) is 5.03. The molecule has 0 aromatic carbocycles. The van der Waals surface area contributed by atoms with E-state index in [0.717, 1.165) is 30.2 Å². The van der Waals surface area contributed by atoms with Crippen molar-refractivity contribution in [3.63, 3.8) is 0 Å². The van der Waals surface area contributed by atoms with Crippen molar-refractivity contribution in [2.24, 2.45) is 0 Å². The number of amides is 2. The molecular weight excluding hydrogens is 432 g/mol. The summed E-state index contributed by atoms with van der Waals surface area (Å²) in [6.45, 7) is 6.66. The van der Waals surface area contributed by atoms with Crippen LogP contribution in [0.4, 0.5) is 10.8 Å². The van der Waals surface area contributed by atoms with E-state index in [1.54, 1.807) is 46.5 Å². The van der Waals surface area contributed by atoms with Crippen molar-refractivity contribution >= 4 is 39.9 Å². The van der Waals surface area contributed by atoms with Gasteiger partial charge in [-0.25, -0.2) is 9.78 Å². The molecule has 10 nitrogen and oxygen atoms in total. The number of thiophene rings is 1. The van der Waals surface area contributed by atoms with Gasteiger partial charge in [0.05, 0.1) is 29.8 Å². The van der Waals surface area contributed by atoms with Crippen LogP contribution in [0.25, 0.3) is 0 Å². The summed E-state index contributed by atoms with van der Waals surface area (Å²) in [5, 5.41) is 3.17. The standard InChI is InChI=1S/C21H28N6O4S/c1-5-31-21(30)17-14(2)18(20(29)25(3)4)32-19(17)24-16(28)13-26-8-10-27(11-9-26)15-12-22-6-7-23-15/h6-7,12H,5,8-11,13H2,1-4H3,(H,24,28). The van der Waals surface area contributed by atoms with Crippen LogP contribution in [0.1, 0.15) is 32.5 Å². The van der Waals surface area contributed by atoms with E-state index >= 15 is 0 Å². The molecule has 0 radical (unpaired) electrons. The summed E-state index contributed by atoms with van der Waals surface area (Å²) >= 11 is 1.10. The van der Waals surface area contributed by atoms with E-state index in [0.29, 0.717) is 28.5 Å². The molecule has 0 unspecified atom stereocenters. The summed E-state index contributed by atoms with van der Waals surface area (Å²) in [6, 6.07) is 0. The minimum absolute atomic E-state index is 0.185. The van der Waals surface area contributed by atoms with Gasteiger partial charge in [0.25, 0.3) is 5.91 Å². The van der Waals surface area contributed by atoms with Crippen molar-refractivity contribution in [1.29, 1.82) is 0 Å². The first-order chi connectivity index (χ1) is 15.3. The Hall–Kier alpha value is -3.05. The second-order valence-electron chi connectivity index (χ2n) is 7.56. The van der Waals surface area contributed by atoms with Crippen molar-refractivity contribution in [2.45, 2.75) is 13.8 Å². The van der Waals surface area contributed by atoms with Crippen LogP contribution in [0.3, 0.4) is 0 Å². The summed E-state index contributed by atoms with van der Waals surface area (Å²) in [5.74, 6) is -0.193. The molecule has 0 saturated carbocycles. The second kappa shape index (κ2) is 10.5. The number of rotatable bonds is 7. The van der Waals surface area contributed by atoms with Crippen molar-refractivity contribution in [3.8, 4) is 0 Å². The number of aromatic nitrogens is 2. The first-order valence-electron chi connectivity index (χ1n) is 10.4. The summed E-state index contributed by atoms with van der Waals surface area (Å²) < 4.78 is 5.15. The predicted molar refractivity (Wildman–Crippen MR) is 122 cm³/mol. The van der Waals surface area contributed by atoms with Gasteiger partial charge in [-0.05, 0) is 19.4 Å². The van der Waals surface area contributed by atoms with Crippen LogP contribution in [-0.4, -0.2) is 91.0 Å². The zero-order valence-corrected chi connectivity index (χ0v) is 19.6. The van der Waals surface area contributed by atoms with Crippen molar-refractivity contribution in [3.05, 3.63) is 34.6 Å². The molecule has 2 amide bonds. The van der Waals surface area contributed by atoms with E-state index < -0.39 is 5.97 Å². The third-order valence-corrected chi connectivity index (χ3v) is 6.29. The molecule has 11 heteroatoms. The van der Waals surface area contributed by atoms with E-state index in [4.69, 9.17) is 4.74 Å². The van der Waals surface area contributed by atoms with Crippen LogP contribution in [0.2, 0.25) is 0 Å². The van der Waals surface area contributed by atoms with Gasteiger partial charge < -0.3 is 19.9 Å². The van der Waals surface area contributed by atoms with Gasteiger partial charge in [-0.15, -0.1) is 11.3 Å². The first kappa shape index (κ1) is 23.6. The fourth-order valence-electron chi connectivity index (χ4n) is 3.42. The van der Waals surface area contributed by atoms with E-state index in [1.165, 1.54) is 4.90 Å². The topological polar surface area (TPSA) is 108 Å². The maximum absolute atomic E-state index is 12.8. The Labute approximate surface area is 191 Å². The van der Waals surface area contributed by atoms with E-state index in [2.05, 4.69) is 20.2 Å². The van der Waals surface area contributed by atoms with E-state index in [-0.39, 0.29) is 30.5 Å². The fourth-order valence-corrected chi connectivity index (χ4v) is 4.65. The van der Waals surface area contributed by atoms with Crippen LogP contribution in [0.15, 0.2) is 18.6 Å². The minimum atomic E-state index is -0.549. The Balaban J connectivity index is 1.67. The smallest absolute Gasteiger partial charge is 0.341 e. The number of ether oxygens (including phenoxy) is 1. The minimum Gasteiger partial charge on any atom is -0.462 e. The van der Waals surface area contributed by atoms with Crippen molar-refractivity contribution in [1.82, 2.24) is 19.8 Å². The average molecular weight is 461 g/mol. The number of carbonyl (C=O) groups is 3. The zero-order chi connectivity index (χ0) is 23.3. The van der Waals surface area contributed by atoms with Gasteiger partial charge in [-0.2, -0.15) is 0 Å². The normalized spacial score (nSPS) is 14.2. The molecule has 32 heavy (non-hydrogen) atoms. The highest BCUT2D eigenvalue weighted by molar-refractivity contribution is 7.18. The molecular formula is C21H28N6O4S. The molecule has 0 spiro atoms. The lowest BCUT2D eigenvalue weighted by Gasteiger charge is -2.34. The lowest BCUT2D eigenvalue weighted by atomic mass is 10.1. The Bertz CT molecular complexity index is 970. The molecule has 2 aromatic heterocycles. The zero-order valence-electron chi connectivity index (χ0n) is 18.8. The van der Waals surface area contributed by atoms with Crippen LogP contribution < -0.4 is 10.2 Å². The van der Waals surface area contributed by atoms with Gasteiger partial charge in [0.1, 0.15) is 10.8 Å². The van der Waals surface area contributed by atoms with Gasteiger partial charge in [-0.1, -0.05) is 0 Å². The molecule has 1 N–H and O–H groups in total. The van der Waals surface area contributed by atoms with Crippen LogP contribution in [-0.2, 0) is 9.53 Å². The molecule has 1 fully saturated rings. The van der Waals surface area contributed by atoms with Crippen LogP contribution >= 0.6 is 11.3 Å². The largest absolute Gasteiger partial charge is 0.462 e. The molecule has 172 valence electrons. The van der Waals surface area contributed by atoms with Gasteiger partial charge in [0.2, 0.25) is 5.91 Å². The van der Waals surface area contributed by atoms with E-state index in [1.807, 2.05) is 4.90 Å². The van der Waals surface area contributed by atoms with Gasteiger partial charge in [-0.3, -0.25) is 19.5 Å². The molecule has 0 atom stereocenters. The van der Waals surface area contributed by atoms with Crippen LogP contribution in [0, 0.1) is 6.92 Å². The quantitative estimate of drug-likeness (QED) is 0.619. The highest BCUT2D eigenvalue weighted by Crippen LogP contribution is 2.34. The molecule has 1 saturated heterocycles. The number of hydrogen-bond donors (Lipinski definition) is 1. The molecule has 0 aliphatic carbocycles. The maximum Gasteiger partial charge on any atom is 0.341 e. The third-order valence-electron chi connectivity index (χ3n) is 5.09. The number of carbonyl (C=O) groups excluding carboxylic acids is 3. The Morgan fingerprint density at radius 1 is 1.19 bits per heavy atom. The molecule has 3 heterocycles. The number of hydrogen-bond acceptors (Lipinski definition) is 9. The fraction of sp³-hybridized carbons (Fsp3) is 0.476. The van der Waals surface area contributed by atoms with Gasteiger partial charge in [0.15, 0.2) is 0 Å². The van der Waals surface area contributed by atoms with Crippen LogP contribution in [0.5, 0.6) is 0 Å². The first-order valence-corrected chi connectivity index (χ1v) is 11.2. The SMILES string of the molecule is CCOC(=O)c1c(NC(=O)CN2CCN(c3cnccn3)CC2)sc(C(=O)N(C)C)c1C. The predicted octanol–water partition coefficient (Wildman–Crippen LogP) is 1.49. The second-order valence-corrected chi connectivity index (χ2v) is 8.58. The maximum atomic E-state index is 12.8. The average Bonchev–Trinajstić information content (AvgIpc) is 3.09. The summed E-state index contributed by atoms with van der Waals surface area (Å²) in [5.41, 5.74) is 0.753. The number of piperazine rings is 1. The summed E-state index contributed by atoms with van der Waals surface area (Å²) in [4.78, 5) is 52.2. The molecule has 1 aliphatic rings. The molecule has 0 bridgehead atoms. The van der Waals surface area contributed by atoms with Crippen molar-refractivity contribution in [2.75, 3.05) is 63.6 Å². The molecule has 3 rings (SSSR count). The van der Waals surface area contributed by atoms with E-state index in [9.17, 15) is 14.4 Å². The van der Waals surface area contributed by atoms with Crippen molar-refractivity contribution < 1.29 is 19.1 Å². The third kappa shape index (κ3) is 5.40. The molecule has 1 aliphatic heterocycles. The highest BCUT2D eigenvalue weighted by atomic mass is 32.1. The lowest BCUT2D eigenvalue weighted by Crippen LogP contribution is -2.49. The Morgan fingerprint density at radius 2 is 1.91 bits per heavy atom. The number of anilines is 2. The highest BCUT2D eigenvalue weighted by Gasteiger charge is 2.28. The summed E-state index contributed by atoms with van der Waals surface area (Å²) in [7, 11) is 3.29. The Morgan fingerprint density at radius 3 is 2.50 bits per heavy atom. The number of nitrogens with zero attached hydrogens (tertiary/aromatic N) is 5. The van der Waals surface area contributed by atoms with Gasteiger partial charge >= 0.3 is 5.97 Å². The monoisotopic (exact) mass is 460 g/mol.